The van der Waals surface area contributed by atoms with E-state index >= 15 is 0 Å². The molecular formula is C22H21ClN3O2+. The average Bonchev–Trinajstić information content (AvgIpc) is 3.32. The smallest absolute Gasteiger partial charge is 0.303 e. The number of hydrazone groups is 1. The molecule has 1 N–H and O–H groups in total. The highest BCUT2D eigenvalue weighted by molar-refractivity contribution is 6.30. The van der Waals surface area contributed by atoms with Crippen molar-refractivity contribution in [1.29, 1.82) is 0 Å². The summed E-state index contributed by atoms with van der Waals surface area (Å²) in [5, 5.41) is 6.89. The quantitative estimate of drug-likeness (QED) is 0.675. The van der Waals surface area contributed by atoms with Gasteiger partial charge in [0.1, 0.15) is 6.54 Å². The molecule has 1 aliphatic heterocycles. The molecule has 0 saturated carbocycles. The minimum absolute atomic E-state index is 0.0272. The zero-order valence-electron chi connectivity index (χ0n) is 15.5. The Morgan fingerprint density at radius 1 is 1.14 bits per heavy atom. The summed E-state index contributed by atoms with van der Waals surface area (Å²) in [7, 11) is 0. The first kappa shape index (κ1) is 18.5. The van der Waals surface area contributed by atoms with Crippen molar-refractivity contribution in [2.24, 2.45) is 5.10 Å². The number of carbonyl (C=O) groups is 1. The summed E-state index contributed by atoms with van der Waals surface area (Å²) in [6.45, 7) is 2.96. The van der Waals surface area contributed by atoms with Crippen LogP contribution in [0.15, 0.2) is 82.5 Å². The standard InChI is InChI=1S/C22H20ClN3O2/c1-16(18-9-11-19(23)12-10-18)24-26-21(27)15-25(14-17-6-3-2-4-7-17)22(26)20-8-5-13-28-20/h2-13,22H,14-15H2,1H3/p+1/b24-16+/t22-/m0/s1. The molecular weight excluding hydrogens is 374 g/mol. The van der Waals surface area contributed by atoms with Gasteiger partial charge in [-0.05, 0) is 36.8 Å². The first-order valence-corrected chi connectivity index (χ1v) is 9.55. The van der Waals surface area contributed by atoms with E-state index in [1.807, 2.05) is 61.5 Å². The lowest BCUT2D eigenvalue weighted by molar-refractivity contribution is -0.937. The molecule has 1 aliphatic rings. The van der Waals surface area contributed by atoms with Gasteiger partial charge in [0.25, 0.3) is 0 Å². The molecule has 1 aromatic heterocycles. The lowest BCUT2D eigenvalue weighted by atomic mass is 10.1. The third-order valence-corrected chi connectivity index (χ3v) is 5.12. The monoisotopic (exact) mass is 394 g/mol. The van der Waals surface area contributed by atoms with Crippen LogP contribution in [0.25, 0.3) is 0 Å². The van der Waals surface area contributed by atoms with Crippen LogP contribution in [0.2, 0.25) is 5.02 Å². The van der Waals surface area contributed by atoms with Gasteiger partial charge < -0.3 is 4.42 Å². The Morgan fingerprint density at radius 3 is 2.57 bits per heavy atom. The first-order chi connectivity index (χ1) is 13.6. The minimum atomic E-state index is -0.301. The van der Waals surface area contributed by atoms with Crippen molar-refractivity contribution in [1.82, 2.24) is 5.01 Å². The van der Waals surface area contributed by atoms with E-state index < -0.39 is 0 Å². The second kappa shape index (κ2) is 8.00. The van der Waals surface area contributed by atoms with E-state index in [2.05, 4.69) is 17.2 Å². The van der Waals surface area contributed by atoms with Crippen molar-refractivity contribution >= 4 is 23.2 Å². The fourth-order valence-electron chi connectivity index (χ4n) is 3.50. The first-order valence-electron chi connectivity index (χ1n) is 9.17. The summed E-state index contributed by atoms with van der Waals surface area (Å²) in [6, 6.07) is 21.3. The zero-order chi connectivity index (χ0) is 19.5. The zero-order valence-corrected chi connectivity index (χ0v) is 16.3. The SMILES string of the molecule is C/C(=N\N1C(=O)C[NH+](Cc2ccccc2)[C@@H]1c1ccco1)c1ccc(Cl)cc1. The number of hydrogen-bond acceptors (Lipinski definition) is 3. The summed E-state index contributed by atoms with van der Waals surface area (Å²) in [6.07, 6.45) is 1.33. The summed E-state index contributed by atoms with van der Waals surface area (Å²) < 4.78 is 5.67. The van der Waals surface area contributed by atoms with Gasteiger partial charge in [-0.15, -0.1) is 0 Å². The van der Waals surface area contributed by atoms with Crippen molar-refractivity contribution in [3.05, 3.63) is 94.9 Å². The predicted molar refractivity (Wildman–Crippen MR) is 108 cm³/mol. The highest BCUT2D eigenvalue weighted by Gasteiger charge is 2.45. The highest BCUT2D eigenvalue weighted by Crippen LogP contribution is 2.21. The normalized spacial score (nSPS) is 20.0. The van der Waals surface area contributed by atoms with Crippen LogP contribution in [-0.4, -0.2) is 23.2 Å². The van der Waals surface area contributed by atoms with Gasteiger partial charge in [-0.2, -0.15) is 10.1 Å². The number of benzene rings is 2. The number of rotatable bonds is 5. The molecule has 0 spiro atoms. The maximum Gasteiger partial charge on any atom is 0.303 e. The van der Waals surface area contributed by atoms with E-state index in [0.29, 0.717) is 18.1 Å². The largest absolute Gasteiger partial charge is 0.461 e. The molecule has 5 nitrogen and oxygen atoms in total. The molecule has 1 saturated heterocycles. The molecule has 28 heavy (non-hydrogen) atoms. The van der Waals surface area contributed by atoms with Gasteiger partial charge in [-0.1, -0.05) is 54.1 Å². The third kappa shape index (κ3) is 3.86. The molecule has 0 radical (unpaired) electrons. The lowest BCUT2D eigenvalue weighted by Gasteiger charge is -2.22. The Hall–Kier alpha value is -2.89. The van der Waals surface area contributed by atoms with Crippen LogP contribution in [0.5, 0.6) is 0 Å². The van der Waals surface area contributed by atoms with Crippen molar-refractivity contribution in [2.75, 3.05) is 6.54 Å². The Kier molecular flexibility index (Phi) is 5.28. The van der Waals surface area contributed by atoms with Gasteiger partial charge in [0.05, 0.1) is 12.0 Å². The number of halogens is 1. The molecule has 4 rings (SSSR count). The lowest BCUT2D eigenvalue weighted by Crippen LogP contribution is -3.09. The van der Waals surface area contributed by atoms with Crippen LogP contribution in [0.4, 0.5) is 0 Å². The Bertz CT molecular complexity index is 969. The van der Waals surface area contributed by atoms with E-state index in [9.17, 15) is 4.79 Å². The van der Waals surface area contributed by atoms with Crippen molar-refractivity contribution in [3.63, 3.8) is 0 Å². The molecule has 3 aromatic rings. The molecule has 2 aromatic carbocycles. The van der Waals surface area contributed by atoms with Gasteiger partial charge in [0.2, 0.25) is 6.17 Å². The van der Waals surface area contributed by atoms with Crippen LogP contribution < -0.4 is 4.90 Å². The molecule has 1 amide bonds. The molecule has 1 fully saturated rings. The fraction of sp³-hybridized carbons (Fsp3) is 0.182. The van der Waals surface area contributed by atoms with Crippen molar-refractivity contribution in [3.8, 4) is 0 Å². The average molecular weight is 395 g/mol. The van der Waals surface area contributed by atoms with Gasteiger partial charge in [0.15, 0.2) is 12.3 Å². The van der Waals surface area contributed by atoms with Gasteiger partial charge in [-0.3, -0.25) is 9.69 Å². The molecule has 2 atom stereocenters. The molecule has 1 unspecified atom stereocenters. The Labute approximate surface area is 168 Å². The Balaban J connectivity index is 1.66. The molecule has 2 heterocycles. The van der Waals surface area contributed by atoms with Crippen LogP contribution in [-0.2, 0) is 11.3 Å². The third-order valence-electron chi connectivity index (χ3n) is 4.87. The number of amides is 1. The van der Waals surface area contributed by atoms with Gasteiger partial charge in [-0.25, -0.2) is 0 Å². The number of carbonyl (C=O) groups excluding carboxylic acids is 1. The van der Waals surface area contributed by atoms with E-state index in [4.69, 9.17) is 16.0 Å². The van der Waals surface area contributed by atoms with Crippen molar-refractivity contribution in [2.45, 2.75) is 19.6 Å². The van der Waals surface area contributed by atoms with Crippen LogP contribution in [0, 0.1) is 0 Å². The van der Waals surface area contributed by atoms with E-state index in [1.54, 1.807) is 11.3 Å². The summed E-state index contributed by atoms with van der Waals surface area (Å²) in [4.78, 5) is 13.9. The van der Waals surface area contributed by atoms with Crippen molar-refractivity contribution < 1.29 is 14.1 Å². The second-order valence-corrected chi connectivity index (χ2v) is 7.28. The molecule has 6 heteroatoms. The fourth-order valence-corrected chi connectivity index (χ4v) is 3.62. The van der Waals surface area contributed by atoms with Crippen LogP contribution in [0.1, 0.15) is 30.0 Å². The van der Waals surface area contributed by atoms with E-state index in [1.165, 1.54) is 5.56 Å². The van der Waals surface area contributed by atoms with Crippen LogP contribution >= 0.6 is 11.6 Å². The Morgan fingerprint density at radius 2 is 1.89 bits per heavy atom. The van der Waals surface area contributed by atoms with E-state index in [0.717, 1.165) is 21.9 Å². The summed E-state index contributed by atoms with van der Waals surface area (Å²) in [5.41, 5.74) is 2.84. The van der Waals surface area contributed by atoms with Crippen LogP contribution in [0.3, 0.4) is 0 Å². The second-order valence-electron chi connectivity index (χ2n) is 6.85. The summed E-state index contributed by atoms with van der Waals surface area (Å²) in [5.74, 6) is 0.699. The minimum Gasteiger partial charge on any atom is -0.461 e. The maximum atomic E-state index is 12.8. The number of nitrogens with one attached hydrogen (secondary N) is 1. The van der Waals surface area contributed by atoms with Gasteiger partial charge in [0, 0.05) is 10.6 Å². The summed E-state index contributed by atoms with van der Waals surface area (Å²) >= 11 is 5.98. The number of furan rings is 1. The number of quaternary nitrogens is 1. The molecule has 142 valence electrons. The topological polar surface area (TPSA) is 50.2 Å². The molecule has 0 aliphatic carbocycles. The van der Waals surface area contributed by atoms with E-state index in [-0.39, 0.29) is 12.1 Å². The maximum absolute atomic E-state index is 12.8. The number of hydrogen-bond donors (Lipinski definition) is 1. The predicted octanol–water partition coefficient (Wildman–Crippen LogP) is 3.28. The number of nitrogens with zero attached hydrogens (tertiary/aromatic N) is 2. The molecule has 0 bridgehead atoms. The highest BCUT2D eigenvalue weighted by atomic mass is 35.5. The van der Waals surface area contributed by atoms with Gasteiger partial charge >= 0.3 is 5.91 Å².